The van der Waals surface area contributed by atoms with E-state index in [2.05, 4.69) is 15.0 Å². The summed E-state index contributed by atoms with van der Waals surface area (Å²) in [4.78, 5) is 29.9. The minimum absolute atomic E-state index is 0.217. The molecule has 0 saturated carbocycles. The number of nitrogens with one attached hydrogen (secondary N) is 2. The predicted octanol–water partition coefficient (Wildman–Crippen LogP) is 4.21. The molecule has 1 aromatic heterocycles. The first-order valence-corrected chi connectivity index (χ1v) is 11.9. The van der Waals surface area contributed by atoms with Gasteiger partial charge in [0.2, 0.25) is 5.88 Å². The molecule has 7 nitrogen and oxygen atoms in total. The number of ether oxygens (including phenoxy) is 1. The number of pyridine rings is 1. The first-order valence-electron chi connectivity index (χ1n) is 9.92. The first kappa shape index (κ1) is 23.2. The maximum atomic E-state index is 13.2. The number of nitrogens with zero attached hydrogens (tertiary/aromatic N) is 1. The van der Waals surface area contributed by atoms with Crippen molar-refractivity contribution in [2.75, 3.05) is 11.8 Å². The summed E-state index contributed by atoms with van der Waals surface area (Å²) >= 11 is 12.0. The van der Waals surface area contributed by atoms with E-state index in [0.29, 0.717) is 32.7 Å². The second-order valence-electron chi connectivity index (χ2n) is 7.35. The lowest BCUT2D eigenvalue weighted by molar-refractivity contribution is 0.0951. The molecule has 4 rings (SSSR count). The van der Waals surface area contributed by atoms with Crippen LogP contribution in [0.15, 0.2) is 54.7 Å². The van der Waals surface area contributed by atoms with Gasteiger partial charge in [-0.2, -0.15) is 0 Å². The van der Waals surface area contributed by atoms with E-state index in [1.54, 1.807) is 48.7 Å². The molecule has 2 unspecified atom stereocenters. The smallest absolute Gasteiger partial charge is 0.251 e. The molecule has 1 aliphatic heterocycles. The standard InChI is InChI=1S/C23H19Cl2N3O4S/c1-32-21-10-14(6-7-26-21)12-27-23(30)15-3-5-19-16(11-15)22(29)20(33(31)28-19)9-13-2-4-17(24)18(25)8-13/h2-8,10-11,20,28H,9,12H2,1H3,(H,27,30). The van der Waals surface area contributed by atoms with Gasteiger partial charge >= 0.3 is 0 Å². The number of Topliss-reactive ketones (excluding diaryl/α,β-unsaturated/α-hetero) is 1. The van der Waals surface area contributed by atoms with Gasteiger partial charge in [-0.25, -0.2) is 9.19 Å². The van der Waals surface area contributed by atoms with Crippen molar-refractivity contribution in [1.82, 2.24) is 10.3 Å². The van der Waals surface area contributed by atoms with Crippen LogP contribution in [0, 0.1) is 0 Å². The lowest BCUT2D eigenvalue weighted by Crippen LogP contribution is -2.37. The minimum atomic E-state index is -1.62. The average molecular weight is 504 g/mol. The Kier molecular flexibility index (Phi) is 6.97. The first-order chi connectivity index (χ1) is 15.9. The van der Waals surface area contributed by atoms with Crippen molar-refractivity contribution in [3.05, 3.63) is 87.0 Å². The number of amides is 1. The van der Waals surface area contributed by atoms with Crippen LogP contribution in [-0.2, 0) is 24.0 Å². The third-order valence-electron chi connectivity index (χ3n) is 5.18. The van der Waals surface area contributed by atoms with E-state index in [9.17, 15) is 13.8 Å². The fourth-order valence-corrected chi connectivity index (χ4v) is 4.96. The number of aromatic nitrogens is 1. The van der Waals surface area contributed by atoms with E-state index in [4.69, 9.17) is 27.9 Å². The number of methoxy groups -OCH3 is 1. The van der Waals surface area contributed by atoms with Crippen LogP contribution in [0.4, 0.5) is 5.69 Å². The summed E-state index contributed by atoms with van der Waals surface area (Å²) in [7, 11) is -0.106. The van der Waals surface area contributed by atoms with E-state index in [0.717, 1.165) is 11.1 Å². The average Bonchev–Trinajstić information content (AvgIpc) is 2.82. The number of carbonyl (C=O) groups is 2. The highest BCUT2D eigenvalue weighted by Gasteiger charge is 2.34. The number of ketones is 1. The van der Waals surface area contributed by atoms with Gasteiger partial charge in [0.25, 0.3) is 5.91 Å². The molecular weight excluding hydrogens is 485 g/mol. The third-order valence-corrected chi connectivity index (χ3v) is 7.23. The number of benzene rings is 2. The molecule has 0 aliphatic carbocycles. The molecule has 10 heteroatoms. The van der Waals surface area contributed by atoms with E-state index in [-0.39, 0.29) is 24.7 Å². The number of anilines is 1. The Labute approximate surface area is 203 Å². The molecular formula is C23H19Cl2N3O4S. The molecule has 33 heavy (non-hydrogen) atoms. The van der Waals surface area contributed by atoms with Gasteiger partial charge in [-0.1, -0.05) is 29.3 Å². The van der Waals surface area contributed by atoms with E-state index >= 15 is 0 Å². The maximum absolute atomic E-state index is 13.2. The summed E-state index contributed by atoms with van der Waals surface area (Å²) in [6.07, 6.45) is 1.81. The van der Waals surface area contributed by atoms with Crippen LogP contribution in [0.1, 0.15) is 31.8 Å². The van der Waals surface area contributed by atoms with Crippen LogP contribution in [0.25, 0.3) is 0 Å². The van der Waals surface area contributed by atoms with Gasteiger partial charge in [-0.05, 0) is 53.9 Å². The maximum Gasteiger partial charge on any atom is 0.251 e. The van der Waals surface area contributed by atoms with Crippen molar-refractivity contribution in [2.24, 2.45) is 0 Å². The number of carbonyl (C=O) groups excluding carboxylic acids is 2. The zero-order chi connectivity index (χ0) is 23.5. The zero-order valence-corrected chi connectivity index (χ0v) is 19.8. The molecule has 0 bridgehead atoms. The SMILES string of the molecule is COc1cc(CNC(=O)c2ccc3c(c2)C(=O)C(Cc2ccc(Cl)c(Cl)c2)S(=O)N3)ccn1. The molecule has 170 valence electrons. The zero-order valence-electron chi connectivity index (χ0n) is 17.4. The highest BCUT2D eigenvalue weighted by Crippen LogP contribution is 2.30. The summed E-state index contributed by atoms with van der Waals surface area (Å²) in [6.45, 7) is 0.269. The number of fused-ring (bicyclic) bond motifs is 1. The van der Waals surface area contributed by atoms with Crippen LogP contribution < -0.4 is 14.8 Å². The summed E-state index contributed by atoms with van der Waals surface area (Å²) in [5.41, 5.74) is 2.63. The van der Waals surface area contributed by atoms with Gasteiger partial charge in [-0.3, -0.25) is 9.59 Å². The lowest BCUT2D eigenvalue weighted by atomic mass is 9.98. The molecule has 2 N–H and O–H groups in total. The van der Waals surface area contributed by atoms with Crippen molar-refractivity contribution in [2.45, 2.75) is 18.2 Å². The summed E-state index contributed by atoms with van der Waals surface area (Å²) in [5.74, 6) is -0.191. The molecule has 1 amide bonds. The fourth-order valence-electron chi connectivity index (χ4n) is 3.43. The topological polar surface area (TPSA) is 97.4 Å². The van der Waals surface area contributed by atoms with Crippen LogP contribution in [0.2, 0.25) is 10.0 Å². The van der Waals surface area contributed by atoms with Crippen LogP contribution >= 0.6 is 23.2 Å². The molecule has 0 spiro atoms. The summed E-state index contributed by atoms with van der Waals surface area (Å²) in [6, 6.07) is 13.2. The van der Waals surface area contributed by atoms with Gasteiger partial charge in [0, 0.05) is 29.9 Å². The van der Waals surface area contributed by atoms with E-state index in [1.807, 2.05) is 0 Å². The molecule has 2 heterocycles. The number of hydrogen-bond donors (Lipinski definition) is 2. The molecule has 2 aromatic carbocycles. The van der Waals surface area contributed by atoms with Gasteiger partial charge in [0.15, 0.2) is 5.78 Å². The van der Waals surface area contributed by atoms with Crippen LogP contribution in [0.5, 0.6) is 5.88 Å². The molecule has 0 fully saturated rings. The Hall–Kier alpha value is -2.94. The highest BCUT2D eigenvalue weighted by atomic mass is 35.5. The Balaban J connectivity index is 1.51. The largest absolute Gasteiger partial charge is 0.481 e. The number of hydrogen-bond acceptors (Lipinski definition) is 5. The Morgan fingerprint density at radius 3 is 2.70 bits per heavy atom. The molecule has 0 saturated heterocycles. The molecule has 3 aromatic rings. The van der Waals surface area contributed by atoms with Crippen molar-refractivity contribution >= 4 is 51.6 Å². The van der Waals surface area contributed by atoms with Gasteiger partial charge < -0.3 is 14.8 Å². The second kappa shape index (κ2) is 9.91. The van der Waals surface area contributed by atoms with Gasteiger partial charge in [-0.15, -0.1) is 0 Å². The molecule has 1 aliphatic rings. The molecule has 2 atom stereocenters. The normalized spacial score (nSPS) is 17.1. The monoisotopic (exact) mass is 503 g/mol. The van der Waals surface area contributed by atoms with Crippen molar-refractivity contribution in [3.63, 3.8) is 0 Å². The van der Waals surface area contributed by atoms with Gasteiger partial charge in [0.05, 0.1) is 22.8 Å². The Morgan fingerprint density at radius 2 is 1.94 bits per heavy atom. The third kappa shape index (κ3) is 5.19. The van der Waals surface area contributed by atoms with Gasteiger partial charge in [0.1, 0.15) is 16.2 Å². The summed E-state index contributed by atoms with van der Waals surface area (Å²) in [5, 5.41) is 2.76. The van der Waals surface area contributed by atoms with Crippen molar-refractivity contribution in [3.8, 4) is 5.88 Å². The number of rotatable bonds is 6. The fraction of sp³-hybridized carbons (Fsp3) is 0.174. The van der Waals surface area contributed by atoms with Crippen molar-refractivity contribution < 1.29 is 18.5 Å². The quantitative estimate of drug-likeness (QED) is 0.524. The Morgan fingerprint density at radius 1 is 1.12 bits per heavy atom. The lowest BCUT2D eigenvalue weighted by Gasteiger charge is -2.24. The predicted molar refractivity (Wildman–Crippen MR) is 128 cm³/mol. The van der Waals surface area contributed by atoms with E-state index < -0.39 is 16.2 Å². The Bertz CT molecular complexity index is 1270. The number of halogens is 2. The second-order valence-corrected chi connectivity index (χ2v) is 9.54. The van der Waals surface area contributed by atoms with Crippen LogP contribution in [0.3, 0.4) is 0 Å². The highest BCUT2D eigenvalue weighted by molar-refractivity contribution is 7.88. The van der Waals surface area contributed by atoms with Crippen LogP contribution in [-0.4, -0.2) is 33.2 Å². The van der Waals surface area contributed by atoms with E-state index in [1.165, 1.54) is 13.2 Å². The summed E-state index contributed by atoms with van der Waals surface area (Å²) < 4.78 is 20.6. The minimum Gasteiger partial charge on any atom is -0.481 e. The molecule has 0 radical (unpaired) electrons. The van der Waals surface area contributed by atoms with Crippen molar-refractivity contribution in [1.29, 1.82) is 0 Å².